The summed E-state index contributed by atoms with van der Waals surface area (Å²) in [6, 6.07) is 6.53. The van der Waals surface area contributed by atoms with E-state index in [2.05, 4.69) is 0 Å². The van der Waals surface area contributed by atoms with Crippen LogP contribution in [0.15, 0.2) is 18.2 Å². The average molecular weight is 275 g/mol. The van der Waals surface area contributed by atoms with E-state index >= 15 is 0 Å². The first-order valence-electron chi connectivity index (χ1n) is 6.59. The molecule has 1 heterocycles. The minimum atomic E-state index is -0.530. The van der Waals surface area contributed by atoms with Crippen LogP contribution in [0.4, 0.5) is 11.4 Å². The Bertz CT molecular complexity index is 533. The standard InChI is InChI=1S/C14H17N3O3/c1-16(9-11-3-2-6-20-10-11)13-4-5-14(17(18)19)12(7-13)8-15/h4-5,7,11H,2-3,6,9-10H2,1H3. The van der Waals surface area contributed by atoms with Crippen molar-refractivity contribution < 1.29 is 9.66 Å². The average Bonchev–Trinajstić information content (AvgIpc) is 2.47. The number of nitrogens with zero attached hydrogens (tertiary/aromatic N) is 3. The van der Waals surface area contributed by atoms with Gasteiger partial charge in [0, 0.05) is 32.0 Å². The topological polar surface area (TPSA) is 79.4 Å². The summed E-state index contributed by atoms with van der Waals surface area (Å²) >= 11 is 0. The number of hydrogen-bond acceptors (Lipinski definition) is 5. The highest BCUT2D eigenvalue weighted by atomic mass is 16.6. The van der Waals surface area contributed by atoms with Gasteiger partial charge < -0.3 is 9.64 Å². The maximum Gasteiger partial charge on any atom is 0.287 e. The Morgan fingerprint density at radius 2 is 2.40 bits per heavy atom. The van der Waals surface area contributed by atoms with Gasteiger partial charge in [0.1, 0.15) is 11.6 Å². The summed E-state index contributed by atoms with van der Waals surface area (Å²) in [5.74, 6) is 0.467. The number of nitro groups is 1. The molecule has 20 heavy (non-hydrogen) atoms. The molecule has 6 heteroatoms. The maximum absolute atomic E-state index is 10.8. The molecule has 1 saturated heterocycles. The van der Waals surface area contributed by atoms with Gasteiger partial charge in [-0.3, -0.25) is 10.1 Å². The maximum atomic E-state index is 10.8. The molecule has 0 aliphatic carbocycles. The second kappa shape index (κ2) is 6.35. The van der Waals surface area contributed by atoms with Gasteiger partial charge in [0.2, 0.25) is 0 Å². The summed E-state index contributed by atoms with van der Waals surface area (Å²) in [4.78, 5) is 12.3. The van der Waals surface area contributed by atoms with Gasteiger partial charge in [-0.2, -0.15) is 5.26 Å². The molecule has 0 saturated carbocycles. The van der Waals surface area contributed by atoms with Gasteiger partial charge in [-0.15, -0.1) is 0 Å². The third-order valence-electron chi connectivity index (χ3n) is 3.52. The lowest BCUT2D eigenvalue weighted by molar-refractivity contribution is -0.385. The Hall–Kier alpha value is -2.13. The molecule has 0 aromatic heterocycles. The second-order valence-electron chi connectivity index (χ2n) is 5.03. The molecule has 1 atom stereocenters. The van der Waals surface area contributed by atoms with Gasteiger partial charge in [-0.25, -0.2) is 0 Å². The van der Waals surface area contributed by atoms with E-state index in [1.165, 1.54) is 6.07 Å². The Labute approximate surface area is 117 Å². The van der Waals surface area contributed by atoms with Gasteiger partial charge in [0.25, 0.3) is 5.69 Å². The monoisotopic (exact) mass is 275 g/mol. The number of ether oxygens (including phenoxy) is 1. The van der Waals surface area contributed by atoms with Crippen LogP contribution in [0.25, 0.3) is 0 Å². The van der Waals surface area contributed by atoms with Crippen molar-refractivity contribution in [3.63, 3.8) is 0 Å². The van der Waals surface area contributed by atoms with E-state index < -0.39 is 4.92 Å². The highest BCUT2D eigenvalue weighted by molar-refractivity contribution is 5.59. The first-order chi connectivity index (χ1) is 9.61. The number of hydrogen-bond donors (Lipinski definition) is 0. The summed E-state index contributed by atoms with van der Waals surface area (Å²) in [6.07, 6.45) is 2.20. The van der Waals surface area contributed by atoms with Crippen molar-refractivity contribution in [1.29, 1.82) is 5.26 Å². The van der Waals surface area contributed by atoms with E-state index in [-0.39, 0.29) is 11.3 Å². The van der Waals surface area contributed by atoms with Crippen molar-refractivity contribution in [2.24, 2.45) is 5.92 Å². The van der Waals surface area contributed by atoms with Gasteiger partial charge in [-0.1, -0.05) is 0 Å². The molecule has 0 radical (unpaired) electrons. The van der Waals surface area contributed by atoms with Crippen LogP contribution < -0.4 is 4.90 Å². The summed E-state index contributed by atoms with van der Waals surface area (Å²) in [5.41, 5.74) is 0.766. The third-order valence-corrected chi connectivity index (χ3v) is 3.52. The first kappa shape index (κ1) is 14.3. The molecule has 106 valence electrons. The van der Waals surface area contributed by atoms with Crippen molar-refractivity contribution in [3.05, 3.63) is 33.9 Å². The highest BCUT2D eigenvalue weighted by Gasteiger charge is 2.18. The minimum Gasteiger partial charge on any atom is -0.381 e. The van der Waals surface area contributed by atoms with E-state index in [1.807, 2.05) is 18.0 Å². The van der Waals surface area contributed by atoms with Crippen LogP contribution in [0.1, 0.15) is 18.4 Å². The molecular weight excluding hydrogens is 258 g/mol. The molecule has 0 N–H and O–H groups in total. The van der Waals surface area contributed by atoms with Crippen LogP contribution in [0.2, 0.25) is 0 Å². The van der Waals surface area contributed by atoms with Crippen molar-refractivity contribution >= 4 is 11.4 Å². The summed E-state index contributed by atoms with van der Waals surface area (Å²) in [5, 5.41) is 19.8. The zero-order chi connectivity index (χ0) is 14.5. The summed E-state index contributed by atoms with van der Waals surface area (Å²) in [7, 11) is 1.93. The third kappa shape index (κ3) is 3.25. The number of rotatable bonds is 4. The molecule has 1 aromatic carbocycles. The molecular formula is C14H17N3O3. The summed E-state index contributed by atoms with van der Waals surface area (Å²) < 4.78 is 5.45. The minimum absolute atomic E-state index is 0.0965. The quantitative estimate of drug-likeness (QED) is 0.622. The van der Waals surface area contributed by atoms with E-state index in [0.717, 1.165) is 38.3 Å². The fourth-order valence-corrected chi connectivity index (χ4v) is 2.45. The molecule has 0 amide bonds. The molecule has 2 rings (SSSR count). The Balaban J connectivity index is 2.11. The zero-order valence-electron chi connectivity index (χ0n) is 11.4. The van der Waals surface area contributed by atoms with Crippen LogP contribution in [-0.2, 0) is 4.74 Å². The van der Waals surface area contributed by atoms with Gasteiger partial charge >= 0.3 is 0 Å². The molecule has 6 nitrogen and oxygen atoms in total. The van der Waals surface area contributed by atoms with Crippen LogP contribution in [-0.4, -0.2) is 31.7 Å². The zero-order valence-corrected chi connectivity index (χ0v) is 11.4. The van der Waals surface area contributed by atoms with Crippen molar-refractivity contribution in [2.75, 3.05) is 31.7 Å². The van der Waals surface area contributed by atoms with Gasteiger partial charge in [-0.05, 0) is 30.9 Å². The predicted octanol–water partition coefficient (Wildman–Crippen LogP) is 2.33. The highest BCUT2D eigenvalue weighted by Crippen LogP contribution is 2.25. The molecule has 1 aliphatic heterocycles. The van der Waals surface area contributed by atoms with Crippen LogP contribution in [0.3, 0.4) is 0 Å². The van der Waals surface area contributed by atoms with Crippen LogP contribution >= 0.6 is 0 Å². The molecule has 1 fully saturated rings. The van der Waals surface area contributed by atoms with Crippen molar-refractivity contribution in [3.8, 4) is 6.07 Å². The summed E-state index contributed by atoms with van der Waals surface area (Å²) in [6.45, 7) is 2.40. The molecule has 1 aliphatic rings. The van der Waals surface area contributed by atoms with E-state index in [9.17, 15) is 10.1 Å². The molecule has 1 unspecified atom stereocenters. The van der Waals surface area contributed by atoms with E-state index in [1.54, 1.807) is 12.1 Å². The molecule has 1 aromatic rings. The lowest BCUT2D eigenvalue weighted by Gasteiger charge is -2.28. The Morgan fingerprint density at radius 1 is 1.60 bits per heavy atom. The second-order valence-corrected chi connectivity index (χ2v) is 5.03. The largest absolute Gasteiger partial charge is 0.381 e. The first-order valence-corrected chi connectivity index (χ1v) is 6.59. The predicted molar refractivity (Wildman–Crippen MR) is 74.6 cm³/mol. The molecule has 0 bridgehead atoms. The number of anilines is 1. The number of nitriles is 1. The van der Waals surface area contributed by atoms with Gasteiger partial charge in [0.15, 0.2) is 0 Å². The van der Waals surface area contributed by atoms with E-state index in [0.29, 0.717) is 5.92 Å². The smallest absolute Gasteiger partial charge is 0.287 e. The van der Waals surface area contributed by atoms with Gasteiger partial charge in [0.05, 0.1) is 11.5 Å². The SMILES string of the molecule is CN(CC1CCCOC1)c1ccc([N+](=O)[O-])c(C#N)c1. The lowest BCUT2D eigenvalue weighted by Crippen LogP contribution is -2.30. The number of nitro benzene ring substituents is 1. The van der Waals surface area contributed by atoms with Crippen LogP contribution in [0, 0.1) is 27.4 Å². The Morgan fingerprint density at radius 3 is 3.00 bits per heavy atom. The fraction of sp³-hybridized carbons (Fsp3) is 0.500. The van der Waals surface area contributed by atoms with E-state index in [4.69, 9.17) is 10.00 Å². The number of benzene rings is 1. The molecule has 0 spiro atoms. The lowest BCUT2D eigenvalue weighted by atomic mass is 10.0. The fourth-order valence-electron chi connectivity index (χ4n) is 2.45. The van der Waals surface area contributed by atoms with Crippen molar-refractivity contribution in [2.45, 2.75) is 12.8 Å². The van der Waals surface area contributed by atoms with Crippen LogP contribution in [0.5, 0.6) is 0 Å². The van der Waals surface area contributed by atoms with Crippen molar-refractivity contribution in [1.82, 2.24) is 0 Å². The Kier molecular flexibility index (Phi) is 4.53. The normalized spacial score (nSPS) is 18.3.